The van der Waals surface area contributed by atoms with E-state index in [9.17, 15) is 13.2 Å². The molecule has 0 saturated heterocycles. The van der Waals surface area contributed by atoms with Crippen LogP contribution in [0.5, 0.6) is 0 Å². The minimum absolute atomic E-state index is 0.0359. The minimum Gasteiger partial charge on any atom is -0.312 e. The molecule has 6 heteroatoms. The van der Waals surface area contributed by atoms with Gasteiger partial charge in [-0.2, -0.15) is 0 Å². The van der Waals surface area contributed by atoms with Crippen LogP contribution in [0.1, 0.15) is 11.3 Å². The second kappa shape index (κ2) is 5.57. The van der Waals surface area contributed by atoms with Gasteiger partial charge in [-0.3, -0.25) is 9.10 Å². The highest BCUT2D eigenvalue weighted by molar-refractivity contribution is 7.92. The Bertz CT molecular complexity index is 1200. The molecular formula is C21H18N2O3S. The molecule has 2 aliphatic heterocycles. The van der Waals surface area contributed by atoms with E-state index >= 15 is 0 Å². The summed E-state index contributed by atoms with van der Waals surface area (Å²) in [7, 11) is -3.67. The summed E-state index contributed by atoms with van der Waals surface area (Å²) in [6, 6.07) is 21.4. The molecule has 5 rings (SSSR count). The maximum atomic E-state index is 13.3. The molecule has 0 saturated carbocycles. The molecule has 5 nitrogen and oxygen atoms in total. The summed E-state index contributed by atoms with van der Waals surface area (Å²) in [5.41, 5.74) is 2.21. The standard InChI is InChI=1S/C21H18N2O3S/c24-20-12-6-7-16-13-21(14-22(16)20)15-23(19-11-5-4-10-18(19)21)27(25,26)17-8-2-1-3-9-17/h1-12H,13-15H2. The molecule has 3 aromatic rings. The first kappa shape index (κ1) is 16.3. The van der Waals surface area contributed by atoms with Crippen LogP contribution in [0.3, 0.4) is 0 Å². The molecule has 1 spiro atoms. The Balaban J connectivity index is 1.65. The van der Waals surface area contributed by atoms with E-state index in [1.54, 1.807) is 47.0 Å². The lowest BCUT2D eigenvalue weighted by Crippen LogP contribution is -2.38. The Hall–Kier alpha value is -2.86. The fourth-order valence-electron chi connectivity index (χ4n) is 4.41. The SMILES string of the molecule is O=c1cccc2n1CC1(C2)CN(S(=O)(=O)c2ccccc2)c2ccccc21. The first-order valence-electron chi connectivity index (χ1n) is 8.87. The third-order valence-electron chi connectivity index (χ3n) is 5.64. The predicted molar refractivity (Wildman–Crippen MR) is 103 cm³/mol. The molecule has 2 aromatic carbocycles. The second-order valence-corrected chi connectivity index (χ2v) is 9.10. The zero-order valence-electron chi connectivity index (χ0n) is 14.6. The highest BCUT2D eigenvalue weighted by atomic mass is 32.2. The van der Waals surface area contributed by atoms with Crippen LogP contribution in [-0.4, -0.2) is 19.5 Å². The molecule has 0 bridgehead atoms. The zero-order chi connectivity index (χ0) is 18.6. The average Bonchev–Trinajstić information content (AvgIpc) is 3.23. The Kier molecular flexibility index (Phi) is 3.37. The maximum Gasteiger partial charge on any atom is 0.264 e. The monoisotopic (exact) mass is 378 g/mol. The highest BCUT2D eigenvalue weighted by Crippen LogP contribution is 2.48. The summed E-state index contributed by atoms with van der Waals surface area (Å²) in [6.45, 7) is 0.838. The molecule has 27 heavy (non-hydrogen) atoms. The van der Waals surface area contributed by atoms with Crippen LogP contribution in [0.2, 0.25) is 0 Å². The van der Waals surface area contributed by atoms with Crippen LogP contribution in [0.25, 0.3) is 0 Å². The van der Waals surface area contributed by atoms with E-state index in [1.165, 1.54) is 4.31 Å². The Morgan fingerprint density at radius 2 is 1.56 bits per heavy atom. The molecule has 0 N–H and O–H groups in total. The Morgan fingerprint density at radius 3 is 2.33 bits per heavy atom. The summed E-state index contributed by atoms with van der Waals surface area (Å²) in [4.78, 5) is 12.6. The van der Waals surface area contributed by atoms with Gasteiger partial charge in [-0.15, -0.1) is 0 Å². The number of anilines is 1. The number of para-hydroxylation sites is 1. The first-order chi connectivity index (χ1) is 13.0. The van der Waals surface area contributed by atoms with Crippen molar-refractivity contribution in [1.82, 2.24) is 4.57 Å². The van der Waals surface area contributed by atoms with Crippen LogP contribution in [0, 0.1) is 0 Å². The quantitative estimate of drug-likeness (QED) is 0.689. The van der Waals surface area contributed by atoms with Crippen LogP contribution >= 0.6 is 0 Å². The summed E-state index contributed by atoms with van der Waals surface area (Å²) < 4.78 is 30.0. The summed E-state index contributed by atoms with van der Waals surface area (Å²) in [5, 5.41) is 0. The Labute approximate surface area is 157 Å². The van der Waals surface area contributed by atoms with Crippen molar-refractivity contribution in [2.75, 3.05) is 10.8 Å². The smallest absolute Gasteiger partial charge is 0.264 e. The topological polar surface area (TPSA) is 59.4 Å². The number of pyridine rings is 1. The van der Waals surface area contributed by atoms with Gasteiger partial charge >= 0.3 is 0 Å². The molecule has 3 heterocycles. The van der Waals surface area contributed by atoms with Crippen molar-refractivity contribution in [3.8, 4) is 0 Å². The fraction of sp³-hybridized carbons (Fsp3) is 0.190. The van der Waals surface area contributed by atoms with Crippen LogP contribution in [-0.2, 0) is 28.4 Å². The van der Waals surface area contributed by atoms with Gasteiger partial charge in [-0.05, 0) is 29.8 Å². The second-order valence-electron chi connectivity index (χ2n) is 7.24. The lowest BCUT2D eigenvalue weighted by molar-refractivity contribution is 0.446. The molecule has 0 amide bonds. The number of hydrogen-bond donors (Lipinski definition) is 0. The van der Waals surface area contributed by atoms with Gasteiger partial charge in [0.1, 0.15) is 0 Å². The maximum absolute atomic E-state index is 13.3. The van der Waals surface area contributed by atoms with Crippen LogP contribution < -0.4 is 9.86 Å². The highest BCUT2D eigenvalue weighted by Gasteiger charge is 2.50. The van der Waals surface area contributed by atoms with E-state index in [0.717, 1.165) is 11.3 Å². The molecule has 1 atom stereocenters. The molecule has 0 aliphatic carbocycles. The number of nitrogens with zero attached hydrogens (tertiary/aromatic N) is 2. The number of benzene rings is 2. The molecule has 136 valence electrons. The summed E-state index contributed by atoms with van der Waals surface area (Å²) >= 11 is 0. The van der Waals surface area contributed by atoms with E-state index < -0.39 is 15.4 Å². The van der Waals surface area contributed by atoms with Gasteiger partial charge in [0.25, 0.3) is 15.6 Å². The van der Waals surface area contributed by atoms with Crippen molar-refractivity contribution in [3.63, 3.8) is 0 Å². The van der Waals surface area contributed by atoms with Crippen LogP contribution in [0.4, 0.5) is 5.69 Å². The number of fused-ring (bicyclic) bond motifs is 3. The number of aromatic nitrogens is 1. The number of rotatable bonds is 2. The molecule has 1 unspecified atom stereocenters. The predicted octanol–water partition coefficient (Wildman–Crippen LogP) is 2.55. The van der Waals surface area contributed by atoms with Gasteiger partial charge in [0.05, 0.1) is 10.6 Å². The van der Waals surface area contributed by atoms with E-state index in [1.807, 2.05) is 30.3 Å². The molecule has 1 aromatic heterocycles. The largest absolute Gasteiger partial charge is 0.312 e. The van der Waals surface area contributed by atoms with Crippen molar-refractivity contribution in [2.24, 2.45) is 0 Å². The summed E-state index contributed by atoms with van der Waals surface area (Å²) in [6.07, 6.45) is 0.654. The van der Waals surface area contributed by atoms with Gasteiger partial charge in [0, 0.05) is 36.7 Å². The van der Waals surface area contributed by atoms with Gasteiger partial charge in [0.2, 0.25) is 0 Å². The third-order valence-corrected chi connectivity index (χ3v) is 7.42. The van der Waals surface area contributed by atoms with Crippen LogP contribution in [0.15, 0.2) is 82.5 Å². The third kappa shape index (κ3) is 2.29. The fourth-order valence-corrected chi connectivity index (χ4v) is 6.00. The van der Waals surface area contributed by atoms with E-state index in [4.69, 9.17) is 0 Å². The lowest BCUT2D eigenvalue weighted by atomic mass is 9.80. The first-order valence-corrected chi connectivity index (χ1v) is 10.3. The van der Waals surface area contributed by atoms with Crippen molar-refractivity contribution >= 4 is 15.7 Å². The molecule has 2 aliphatic rings. The average molecular weight is 378 g/mol. The van der Waals surface area contributed by atoms with Gasteiger partial charge < -0.3 is 4.57 Å². The number of sulfonamides is 1. The van der Waals surface area contributed by atoms with Crippen molar-refractivity contribution in [1.29, 1.82) is 0 Å². The lowest BCUT2D eigenvalue weighted by Gasteiger charge is -2.25. The van der Waals surface area contributed by atoms with Gasteiger partial charge in [-0.1, -0.05) is 42.5 Å². The zero-order valence-corrected chi connectivity index (χ0v) is 15.4. The van der Waals surface area contributed by atoms with Crippen molar-refractivity contribution < 1.29 is 8.42 Å². The number of hydrogen-bond acceptors (Lipinski definition) is 3. The summed E-state index contributed by atoms with van der Waals surface area (Å²) in [5.74, 6) is 0. The molecule has 0 radical (unpaired) electrons. The minimum atomic E-state index is -3.67. The normalized spacial score (nSPS) is 20.7. The van der Waals surface area contributed by atoms with Gasteiger partial charge in [-0.25, -0.2) is 8.42 Å². The molecule has 0 fully saturated rings. The van der Waals surface area contributed by atoms with E-state index in [2.05, 4.69) is 0 Å². The molecular weight excluding hydrogens is 360 g/mol. The van der Waals surface area contributed by atoms with E-state index in [0.29, 0.717) is 25.2 Å². The Morgan fingerprint density at radius 1 is 0.815 bits per heavy atom. The van der Waals surface area contributed by atoms with E-state index in [-0.39, 0.29) is 10.5 Å². The van der Waals surface area contributed by atoms with Gasteiger partial charge in [0.15, 0.2) is 0 Å². The van der Waals surface area contributed by atoms with Crippen molar-refractivity contribution in [3.05, 3.63) is 94.4 Å². The van der Waals surface area contributed by atoms with Crippen molar-refractivity contribution in [2.45, 2.75) is 23.3 Å².